The van der Waals surface area contributed by atoms with E-state index < -0.39 is 0 Å². The summed E-state index contributed by atoms with van der Waals surface area (Å²) in [5.74, 6) is 0.987. The number of para-hydroxylation sites is 3. The minimum Gasteiger partial charge on any atom is -0.656 e. The van der Waals surface area contributed by atoms with Gasteiger partial charge in [0.15, 0.2) is 0 Å². The van der Waals surface area contributed by atoms with Crippen molar-refractivity contribution in [2.75, 3.05) is 0 Å². The minimum absolute atomic E-state index is 0. The molecular weight excluding hydrogens is 748 g/mol. The summed E-state index contributed by atoms with van der Waals surface area (Å²) in [7, 11) is 0. The number of imidazole rings is 1. The van der Waals surface area contributed by atoms with E-state index in [-0.39, 0.29) is 26.8 Å². The van der Waals surface area contributed by atoms with E-state index in [2.05, 4.69) is 109 Å². The number of phenols is 1. The maximum atomic E-state index is 10.6. The van der Waals surface area contributed by atoms with E-state index in [4.69, 9.17) is 15.0 Å². The first kappa shape index (κ1) is 28.2. The Bertz CT molecular complexity index is 2630. The summed E-state index contributed by atoms with van der Waals surface area (Å²) < 4.78 is 2.25. The second kappa shape index (κ2) is 10.7. The van der Waals surface area contributed by atoms with Crippen molar-refractivity contribution in [3.8, 4) is 34.1 Å². The zero-order valence-corrected chi connectivity index (χ0v) is 27.4. The Kier molecular flexibility index (Phi) is 6.56. The number of aryl methyl sites for hydroxylation is 2. The molecule has 0 aliphatic carbocycles. The minimum atomic E-state index is 0. The molecule has 9 rings (SSSR count). The van der Waals surface area contributed by atoms with Gasteiger partial charge in [-0.05, 0) is 82.9 Å². The van der Waals surface area contributed by atoms with Crippen molar-refractivity contribution in [3.05, 3.63) is 132 Å². The van der Waals surface area contributed by atoms with Gasteiger partial charge in [-0.25, -0.2) is 9.97 Å². The fourth-order valence-corrected chi connectivity index (χ4v) is 6.83. The van der Waals surface area contributed by atoms with E-state index in [1.807, 2.05) is 24.3 Å². The number of nitrogens with zero attached hydrogens (tertiary/aromatic N) is 4. The molecule has 224 valence electrons. The number of hydrogen-bond donors (Lipinski definition) is 1. The quantitative estimate of drug-likeness (QED) is 0.194. The predicted octanol–water partition coefficient (Wildman–Crippen LogP) is 9.64. The summed E-state index contributed by atoms with van der Waals surface area (Å²) in [6, 6.07) is 41.6. The van der Waals surface area contributed by atoms with Crippen LogP contribution < -0.4 is 4.98 Å². The standard InChI is InChI=1S/C40H27N4O.Pt/c1-23-18-24(2)20-28(19-23)44-35-14-7-12-30(33-17-16-25-10-5-15-36(45)37(25)41-33)39(35)43-40(44)31-13-6-11-29-32-21-26-8-3-4-9-27(26)22-34(32)42-38(29)31;/h3-22H,1-2H3,(H-,41,42,43,45);/q-1;. The molecule has 0 amide bonds. The third-order valence-corrected chi connectivity index (χ3v) is 8.79. The van der Waals surface area contributed by atoms with E-state index in [0.29, 0.717) is 5.52 Å². The SMILES string of the molecule is Cc1cc(C)cc(-n2c(-c3cccc4c3[n-]c3cc5ccccc5cc34)nc3c(-c4ccc5cccc(O)c5n4)cccc32)c1.[Pt]. The van der Waals surface area contributed by atoms with Crippen molar-refractivity contribution in [1.29, 1.82) is 0 Å². The molecule has 0 unspecified atom stereocenters. The third-order valence-electron chi connectivity index (χ3n) is 8.79. The summed E-state index contributed by atoms with van der Waals surface area (Å²) in [5.41, 5.74) is 10.3. The Labute approximate surface area is 279 Å². The second-order valence-corrected chi connectivity index (χ2v) is 11.9. The normalized spacial score (nSPS) is 11.6. The molecule has 0 aliphatic heterocycles. The number of aromatic nitrogens is 4. The van der Waals surface area contributed by atoms with E-state index in [1.54, 1.807) is 6.07 Å². The van der Waals surface area contributed by atoms with Gasteiger partial charge in [0.1, 0.15) is 17.1 Å². The van der Waals surface area contributed by atoms with Gasteiger partial charge >= 0.3 is 0 Å². The van der Waals surface area contributed by atoms with Crippen LogP contribution in [0, 0.1) is 13.8 Å². The number of hydrogen-bond acceptors (Lipinski definition) is 3. The molecule has 5 nitrogen and oxygen atoms in total. The van der Waals surface area contributed by atoms with E-state index in [1.165, 1.54) is 21.9 Å². The largest absolute Gasteiger partial charge is 0.656 e. The van der Waals surface area contributed by atoms with E-state index >= 15 is 0 Å². The van der Waals surface area contributed by atoms with Gasteiger partial charge in [-0.1, -0.05) is 84.9 Å². The van der Waals surface area contributed by atoms with Crippen molar-refractivity contribution in [2.24, 2.45) is 0 Å². The van der Waals surface area contributed by atoms with Gasteiger partial charge in [-0.3, -0.25) is 4.57 Å². The molecule has 6 aromatic carbocycles. The summed E-state index contributed by atoms with van der Waals surface area (Å²) in [5, 5.41) is 16.1. The van der Waals surface area contributed by atoms with Crippen LogP contribution in [-0.4, -0.2) is 19.6 Å². The first-order valence-corrected chi connectivity index (χ1v) is 15.1. The molecule has 3 heterocycles. The number of aromatic hydroxyl groups is 1. The molecule has 6 heteroatoms. The first-order valence-electron chi connectivity index (χ1n) is 15.1. The van der Waals surface area contributed by atoms with Gasteiger partial charge in [-0.15, -0.1) is 11.0 Å². The van der Waals surface area contributed by atoms with E-state index in [9.17, 15) is 5.11 Å². The van der Waals surface area contributed by atoms with Crippen molar-refractivity contribution in [3.63, 3.8) is 0 Å². The molecule has 0 spiro atoms. The monoisotopic (exact) mass is 774 g/mol. The first-order chi connectivity index (χ1) is 22.0. The van der Waals surface area contributed by atoms with Crippen LogP contribution in [0.3, 0.4) is 0 Å². The average Bonchev–Trinajstić information content (AvgIpc) is 3.61. The van der Waals surface area contributed by atoms with Gasteiger partial charge in [0.05, 0.1) is 16.7 Å². The molecule has 1 N–H and O–H groups in total. The molecule has 0 saturated heterocycles. The number of pyridine rings is 1. The maximum absolute atomic E-state index is 10.6. The van der Waals surface area contributed by atoms with Crippen LogP contribution in [0.4, 0.5) is 0 Å². The predicted molar refractivity (Wildman–Crippen MR) is 184 cm³/mol. The Balaban J connectivity index is 0.00000312. The van der Waals surface area contributed by atoms with Crippen LogP contribution in [-0.2, 0) is 21.1 Å². The summed E-state index contributed by atoms with van der Waals surface area (Å²) >= 11 is 0. The molecular formula is C40H27N4OPt-. The smallest absolute Gasteiger partial charge is 0.144 e. The third kappa shape index (κ3) is 4.34. The summed E-state index contributed by atoms with van der Waals surface area (Å²) in [6.07, 6.45) is 0. The molecule has 0 aliphatic rings. The fraction of sp³-hybridized carbons (Fsp3) is 0.0500. The Morgan fingerprint density at radius 1 is 0.609 bits per heavy atom. The summed E-state index contributed by atoms with van der Waals surface area (Å²) in [6.45, 7) is 4.26. The van der Waals surface area contributed by atoms with Gasteiger partial charge < -0.3 is 10.1 Å². The van der Waals surface area contributed by atoms with Crippen molar-refractivity contribution >= 4 is 54.5 Å². The van der Waals surface area contributed by atoms with Crippen LogP contribution in [0.1, 0.15) is 11.1 Å². The second-order valence-electron chi connectivity index (χ2n) is 11.9. The fourth-order valence-electron chi connectivity index (χ4n) is 6.83. The van der Waals surface area contributed by atoms with Crippen LogP contribution in [0.15, 0.2) is 121 Å². The number of rotatable bonds is 3. The van der Waals surface area contributed by atoms with Crippen molar-refractivity contribution < 1.29 is 26.2 Å². The zero-order chi connectivity index (χ0) is 30.2. The van der Waals surface area contributed by atoms with Crippen LogP contribution in [0.5, 0.6) is 5.75 Å². The van der Waals surface area contributed by atoms with Gasteiger partial charge in [-0.2, -0.15) is 0 Å². The molecule has 0 bridgehead atoms. The zero-order valence-electron chi connectivity index (χ0n) is 25.1. The van der Waals surface area contributed by atoms with Crippen LogP contribution in [0.25, 0.3) is 82.8 Å². The average molecular weight is 775 g/mol. The molecule has 0 atom stereocenters. The van der Waals surface area contributed by atoms with Crippen molar-refractivity contribution in [2.45, 2.75) is 13.8 Å². The Hall–Kier alpha value is -5.25. The molecule has 46 heavy (non-hydrogen) atoms. The molecule has 0 saturated carbocycles. The Morgan fingerprint density at radius 2 is 1.33 bits per heavy atom. The molecule has 0 fully saturated rings. The Morgan fingerprint density at radius 3 is 2.15 bits per heavy atom. The topological polar surface area (TPSA) is 65.0 Å². The van der Waals surface area contributed by atoms with Gasteiger partial charge in [0.25, 0.3) is 0 Å². The summed E-state index contributed by atoms with van der Waals surface area (Å²) in [4.78, 5) is 15.5. The van der Waals surface area contributed by atoms with Crippen LogP contribution >= 0.6 is 0 Å². The maximum Gasteiger partial charge on any atom is 0.144 e. The number of phenolic OH excluding ortho intramolecular Hbond substituents is 1. The van der Waals surface area contributed by atoms with Crippen molar-refractivity contribution in [1.82, 2.24) is 19.5 Å². The molecule has 3 aromatic heterocycles. The molecule has 0 radical (unpaired) electrons. The number of benzene rings is 6. The van der Waals surface area contributed by atoms with Gasteiger partial charge in [0, 0.05) is 43.3 Å². The molecule has 9 aromatic rings. The van der Waals surface area contributed by atoms with Gasteiger partial charge in [0.2, 0.25) is 0 Å². The van der Waals surface area contributed by atoms with Crippen LogP contribution in [0.2, 0.25) is 0 Å². The van der Waals surface area contributed by atoms with E-state index in [0.717, 1.165) is 66.6 Å². The number of fused-ring (bicyclic) bond motifs is 6.